The lowest BCUT2D eigenvalue weighted by atomic mass is 9.93. The van der Waals surface area contributed by atoms with Crippen molar-refractivity contribution in [1.82, 2.24) is 25.5 Å². The van der Waals surface area contributed by atoms with Crippen LogP contribution in [0.25, 0.3) is 16.5 Å². The van der Waals surface area contributed by atoms with Gasteiger partial charge in [-0.25, -0.2) is 9.97 Å². The highest BCUT2D eigenvalue weighted by Crippen LogP contribution is 2.28. The number of hydrogen-bond acceptors (Lipinski definition) is 5. The van der Waals surface area contributed by atoms with Crippen LogP contribution in [0.5, 0.6) is 0 Å². The Kier molecular flexibility index (Phi) is 3.35. The summed E-state index contributed by atoms with van der Waals surface area (Å²) >= 11 is 0. The van der Waals surface area contributed by atoms with Crippen molar-refractivity contribution < 1.29 is 0 Å². The van der Waals surface area contributed by atoms with Crippen LogP contribution in [0.15, 0.2) is 66.7 Å². The van der Waals surface area contributed by atoms with Gasteiger partial charge in [0, 0.05) is 34.5 Å². The molecule has 5 rings (SSSR count). The van der Waals surface area contributed by atoms with E-state index in [0.29, 0.717) is 12.0 Å². The normalized spacial score (nSPS) is 21.1. The average molecular weight is 342 g/mol. The lowest BCUT2D eigenvalue weighted by molar-refractivity contribution is 0.640. The van der Waals surface area contributed by atoms with Gasteiger partial charge in [0.05, 0.1) is 17.8 Å². The van der Waals surface area contributed by atoms with E-state index in [-0.39, 0.29) is 0 Å². The quantitative estimate of drug-likeness (QED) is 0.678. The standard InChI is InChI=1S/C20H18N6/c1-12-8-13-2-3-14(10-18(13)23-12)20-21-7-6-19(25-20)24-16-4-5-17-15(9-16)11-22-26-17/h2-11,13,18,23H,1H3,(H,22,26)(H,21,24,25). The van der Waals surface area contributed by atoms with Crippen molar-refractivity contribution in [1.29, 1.82) is 0 Å². The molecule has 1 aromatic carbocycles. The Bertz CT molecular complexity index is 1070. The maximum Gasteiger partial charge on any atom is 0.161 e. The number of nitrogens with zero attached hydrogens (tertiary/aromatic N) is 3. The number of fused-ring (bicyclic) bond motifs is 2. The second kappa shape index (κ2) is 5.84. The fourth-order valence-electron chi connectivity index (χ4n) is 3.48. The average Bonchev–Trinajstić information content (AvgIpc) is 3.26. The molecule has 128 valence electrons. The molecule has 26 heavy (non-hydrogen) atoms. The van der Waals surface area contributed by atoms with Crippen LogP contribution in [0.1, 0.15) is 12.7 Å². The molecule has 0 bridgehead atoms. The van der Waals surface area contributed by atoms with Crippen LogP contribution in [0.2, 0.25) is 0 Å². The lowest BCUT2D eigenvalue weighted by Crippen LogP contribution is -2.26. The number of aromatic nitrogens is 4. The summed E-state index contributed by atoms with van der Waals surface area (Å²) in [6.07, 6.45) is 12.4. The Morgan fingerprint density at radius 1 is 1.15 bits per heavy atom. The second-order valence-electron chi connectivity index (χ2n) is 6.64. The Balaban J connectivity index is 1.41. The summed E-state index contributed by atoms with van der Waals surface area (Å²) < 4.78 is 0. The number of hydrogen-bond donors (Lipinski definition) is 3. The smallest absolute Gasteiger partial charge is 0.161 e. The summed E-state index contributed by atoms with van der Waals surface area (Å²) in [7, 11) is 0. The number of H-pyrrole nitrogens is 1. The molecule has 0 fully saturated rings. The molecular weight excluding hydrogens is 324 g/mol. The summed E-state index contributed by atoms with van der Waals surface area (Å²) in [5.41, 5.74) is 4.23. The molecule has 6 heteroatoms. The van der Waals surface area contributed by atoms with Gasteiger partial charge in [0.15, 0.2) is 5.82 Å². The molecule has 0 saturated carbocycles. The van der Waals surface area contributed by atoms with E-state index in [4.69, 9.17) is 0 Å². The number of nitrogens with one attached hydrogen (secondary N) is 3. The van der Waals surface area contributed by atoms with Gasteiger partial charge in [0.1, 0.15) is 5.82 Å². The highest BCUT2D eigenvalue weighted by Gasteiger charge is 2.25. The minimum absolute atomic E-state index is 0.290. The van der Waals surface area contributed by atoms with E-state index in [1.165, 1.54) is 5.70 Å². The van der Waals surface area contributed by atoms with E-state index in [0.717, 1.165) is 33.8 Å². The van der Waals surface area contributed by atoms with E-state index < -0.39 is 0 Å². The van der Waals surface area contributed by atoms with Gasteiger partial charge >= 0.3 is 0 Å². The molecule has 0 spiro atoms. The third kappa shape index (κ3) is 2.65. The Morgan fingerprint density at radius 3 is 3.08 bits per heavy atom. The van der Waals surface area contributed by atoms with Crippen molar-refractivity contribution in [3.8, 4) is 0 Å². The van der Waals surface area contributed by atoms with Crippen molar-refractivity contribution in [3.63, 3.8) is 0 Å². The first-order chi connectivity index (χ1) is 12.7. The molecule has 0 radical (unpaired) electrons. The first kappa shape index (κ1) is 14.9. The molecule has 2 aliphatic rings. The molecule has 0 saturated heterocycles. The minimum atomic E-state index is 0.290. The molecule has 1 aliphatic carbocycles. The summed E-state index contributed by atoms with van der Waals surface area (Å²) in [5.74, 6) is 1.91. The number of benzene rings is 1. The number of allylic oxidation sites excluding steroid dienone is 3. The Morgan fingerprint density at radius 2 is 2.12 bits per heavy atom. The molecule has 0 amide bonds. The maximum absolute atomic E-state index is 4.68. The third-order valence-corrected chi connectivity index (χ3v) is 4.73. The van der Waals surface area contributed by atoms with Gasteiger partial charge in [-0.3, -0.25) is 5.10 Å². The Hall–Kier alpha value is -3.41. The van der Waals surface area contributed by atoms with Crippen LogP contribution in [-0.2, 0) is 0 Å². The van der Waals surface area contributed by atoms with Crippen molar-refractivity contribution in [2.45, 2.75) is 13.0 Å². The molecule has 2 atom stereocenters. The predicted octanol–water partition coefficient (Wildman–Crippen LogP) is 3.54. The van der Waals surface area contributed by atoms with Crippen molar-refractivity contribution in [2.24, 2.45) is 5.92 Å². The second-order valence-corrected chi connectivity index (χ2v) is 6.64. The highest BCUT2D eigenvalue weighted by atomic mass is 15.1. The van der Waals surface area contributed by atoms with Gasteiger partial charge in [-0.1, -0.05) is 24.3 Å². The van der Waals surface area contributed by atoms with E-state index in [1.807, 2.05) is 30.5 Å². The Labute approximate surface area is 150 Å². The molecule has 3 aromatic rings. The first-order valence-corrected chi connectivity index (χ1v) is 8.63. The van der Waals surface area contributed by atoms with Gasteiger partial charge in [-0.2, -0.15) is 5.10 Å². The number of aromatic amines is 1. The topological polar surface area (TPSA) is 78.5 Å². The summed E-state index contributed by atoms with van der Waals surface area (Å²) in [6.45, 7) is 2.09. The summed E-state index contributed by atoms with van der Waals surface area (Å²) in [6, 6.07) is 8.21. The van der Waals surface area contributed by atoms with Crippen LogP contribution in [0, 0.1) is 5.92 Å². The molecular formula is C20H18N6. The van der Waals surface area contributed by atoms with Gasteiger partial charge in [0.2, 0.25) is 0 Å². The van der Waals surface area contributed by atoms with Crippen LogP contribution < -0.4 is 10.6 Å². The number of anilines is 2. The van der Waals surface area contributed by atoms with E-state index >= 15 is 0 Å². The fraction of sp³-hybridized carbons (Fsp3) is 0.150. The van der Waals surface area contributed by atoms with E-state index in [2.05, 4.69) is 62.0 Å². The highest BCUT2D eigenvalue weighted by molar-refractivity contribution is 5.82. The summed E-state index contributed by atoms with van der Waals surface area (Å²) in [5, 5.41) is 14.9. The fourth-order valence-corrected chi connectivity index (χ4v) is 3.48. The zero-order chi connectivity index (χ0) is 17.5. The maximum atomic E-state index is 4.68. The van der Waals surface area contributed by atoms with Crippen LogP contribution in [0.4, 0.5) is 11.5 Å². The largest absolute Gasteiger partial charge is 0.382 e. The zero-order valence-electron chi connectivity index (χ0n) is 14.3. The minimum Gasteiger partial charge on any atom is -0.382 e. The van der Waals surface area contributed by atoms with E-state index in [1.54, 1.807) is 6.20 Å². The van der Waals surface area contributed by atoms with Crippen LogP contribution in [0.3, 0.4) is 0 Å². The molecule has 6 nitrogen and oxygen atoms in total. The molecule has 1 aliphatic heterocycles. The molecule has 2 unspecified atom stereocenters. The molecule has 3 heterocycles. The molecule has 3 N–H and O–H groups in total. The van der Waals surface area contributed by atoms with Gasteiger partial charge < -0.3 is 10.6 Å². The van der Waals surface area contributed by atoms with E-state index in [9.17, 15) is 0 Å². The third-order valence-electron chi connectivity index (χ3n) is 4.73. The van der Waals surface area contributed by atoms with Crippen LogP contribution in [-0.4, -0.2) is 26.2 Å². The predicted molar refractivity (Wildman–Crippen MR) is 103 cm³/mol. The van der Waals surface area contributed by atoms with Gasteiger partial charge in [0.25, 0.3) is 0 Å². The van der Waals surface area contributed by atoms with Gasteiger partial charge in [-0.05, 0) is 31.2 Å². The lowest BCUT2D eigenvalue weighted by Gasteiger charge is -2.19. The van der Waals surface area contributed by atoms with Crippen LogP contribution >= 0.6 is 0 Å². The van der Waals surface area contributed by atoms with Crippen molar-refractivity contribution in [3.05, 3.63) is 72.5 Å². The number of rotatable bonds is 3. The van der Waals surface area contributed by atoms with Gasteiger partial charge in [-0.15, -0.1) is 0 Å². The SMILES string of the molecule is CC1=CC2C=CC(c3nccc(Nc4ccc5[nH]ncc5c4)n3)=CC2N1. The zero-order valence-corrected chi connectivity index (χ0v) is 14.3. The van der Waals surface area contributed by atoms with Crippen molar-refractivity contribution in [2.75, 3.05) is 5.32 Å². The summed E-state index contributed by atoms with van der Waals surface area (Å²) in [4.78, 5) is 9.13. The monoisotopic (exact) mass is 342 g/mol. The van der Waals surface area contributed by atoms with Crippen molar-refractivity contribution >= 4 is 28.0 Å². The first-order valence-electron chi connectivity index (χ1n) is 8.63. The molecule has 2 aromatic heterocycles.